The van der Waals surface area contributed by atoms with Crippen LogP contribution in [-0.4, -0.2) is 32.1 Å². The smallest absolute Gasteiger partial charge is 0.261 e. The maximum Gasteiger partial charge on any atom is 0.261 e. The molecule has 0 heterocycles. The number of hydrogen-bond acceptors (Lipinski definition) is 4. The predicted molar refractivity (Wildman–Crippen MR) is 111 cm³/mol. The van der Waals surface area contributed by atoms with Crippen molar-refractivity contribution in [2.24, 2.45) is 0 Å². The number of unbranched alkanes of at least 4 members (excludes halogenated alkanes) is 1. The third-order valence-electron chi connectivity index (χ3n) is 4.44. The number of nitrogens with one attached hydrogen (secondary N) is 2. The molecule has 3 N–H and O–H groups in total. The molecule has 0 radical (unpaired) electrons. The van der Waals surface area contributed by atoms with E-state index in [-0.39, 0.29) is 17.1 Å². The van der Waals surface area contributed by atoms with E-state index >= 15 is 0 Å². The topological polar surface area (TPSA) is 95.5 Å². The molecule has 0 aliphatic rings. The average molecular weight is 405 g/mol. The van der Waals surface area contributed by atoms with E-state index in [0.29, 0.717) is 11.3 Å². The molecule has 28 heavy (non-hydrogen) atoms. The Balaban J connectivity index is 2.21. The minimum Gasteiger partial charge on any atom is -0.394 e. The summed E-state index contributed by atoms with van der Waals surface area (Å²) >= 11 is 0. The molecule has 0 aromatic heterocycles. The minimum absolute atomic E-state index is 0.00922. The molecule has 1 atom stereocenters. The van der Waals surface area contributed by atoms with Gasteiger partial charge in [0.15, 0.2) is 0 Å². The van der Waals surface area contributed by atoms with Gasteiger partial charge in [0.1, 0.15) is 0 Å². The molecule has 0 saturated carbocycles. The second-order valence-electron chi connectivity index (χ2n) is 6.94. The van der Waals surface area contributed by atoms with Gasteiger partial charge in [0.25, 0.3) is 15.9 Å². The number of carbonyl (C=O) groups is 1. The van der Waals surface area contributed by atoms with Gasteiger partial charge in [-0.1, -0.05) is 31.5 Å². The van der Waals surface area contributed by atoms with E-state index in [1.807, 2.05) is 12.1 Å². The van der Waals surface area contributed by atoms with Crippen LogP contribution in [0.2, 0.25) is 0 Å². The standard InChI is InChI=1S/C21H28N2O4S/c1-4-5-6-17-8-10-18(11-9-17)23-28(26,27)19-12-7-15(2)20(13-19)21(25)22-16(3)14-24/h7-13,16,23-24H,4-6,14H2,1-3H3,(H,22,25). The molecule has 0 aliphatic heterocycles. The summed E-state index contributed by atoms with van der Waals surface area (Å²) in [6, 6.07) is 11.3. The Morgan fingerprint density at radius 2 is 1.82 bits per heavy atom. The van der Waals surface area contributed by atoms with E-state index in [9.17, 15) is 13.2 Å². The molecule has 2 aromatic carbocycles. The van der Waals surface area contributed by atoms with Crippen LogP contribution in [0.1, 0.15) is 48.2 Å². The van der Waals surface area contributed by atoms with Crippen molar-refractivity contribution in [1.82, 2.24) is 5.32 Å². The lowest BCUT2D eigenvalue weighted by Crippen LogP contribution is -2.35. The van der Waals surface area contributed by atoms with Crippen LogP contribution in [0.15, 0.2) is 47.4 Å². The highest BCUT2D eigenvalue weighted by Crippen LogP contribution is 2.20. The normalized spacial score (nSPS) is 12.4. The fourth-order valence-corrected chi connectivity index (χ4v) is 3.78. The largest absolute Gasteiger partial charge is 0.394 e. The van der Waals surface area contributed by atoms with Crippen LogP contribution in [0, 0.1) is 6.92 Å². The molecular weight excluding hydrogens is 376 g/mol. The highest BCUT2D eigenvalue weighted by molar-refractivity contribution is 7.92. The van der Waals surface area contributed by atoms with Crippen molar-refractivity contribution in [2.45, 2.75) is 51.0 Å². The monoisotopic (exact) mass is 404 g/mol. The molecule has 1 amide bonds. The molecule has 0 fully saturated rings. The first-order valence-electron chi connectivity index (χ1n) is 9.41. The zero-order valence-electron chi connectivity index (χ0n) is 16.5. The third-order valence-corrected chi connectivity index (χ3v) is 5.82. The average Bonchev–Trinajstić information content (AvgIpc) is 2.67. The number of benzene rings is 2. The number of aryl methyl sites for hydroxylation is 2. The summed E-state index contributed by atoms with van der Waals surface area (Å²) < 4.78 is 28.0. The van der Waals surface area contributed by atoms with Crippen LogP contribution in [-0.2, 0) is 16.4 Å². The maximum absolute atomic E-state index is 12.7. The summed E-state index contributed by atoms with van der Waals surface area (Å²) in [4.78, 5) is 12.4. The van der Waals surface area contributed by atoms with E-state index in [2.05, 4.69) is 17.0 Å². The summed E-state index contributed by atoms with van der Waals surface area (Å²) in [5, 5.41) is 11.7. The highest BCUT2D eigenvalue weighted by atomic mass is 32.2. The summed E-state index contributed by atoms with van der Waals surface area (Å²) in [5.41, 5.74) is 2.55. The van der Waals surface area contributed by atoms with Gasteiger partial charge in [0.05, 0.1) is 11.5 Å². The van der Waals surface area contributed by atoms with Gasteiger partial charge in [0.2, 0.25) is 0 Å². The van der Waals surface area contributed by atoms with Crippen molar-refractivity contribution in [3.63, 3.8) is 0 Å². The maximum atomic E-state index is 12.7. The first-order chi connectivity index (χ1) is 13.3. The van der Waals surface area contributed by atoms with Crippen LogP contribution < -0.4 is 10.0 Å². The van der Waals surface area contributed by atoms with Crippen molar-refractivity contribution < 1.29 is 18.3 Å². The van der Waals surface area contributed by atoms with Gasteiger partial charge in [-0.15, -0.1) is 0 Å². The van der Waals surface area contributed by atoms with E-state index in [1.165, 1.54) is 12.1 Å². The number of carbonyl (C=O) groups excluding carboxylic acids is 1. The summed E-state index contributed by atoms with van der Waals surface area (Å²) in [6.45, 7) is 5.33. The zero-order chi connectivity index (χ0) is 20.7. The molecule has 7 heteroatoms. The fourth-order valence-electron chi connectivity index (χ4n) is 2.69. The first kappa shape index (κ1) is 21.9. The lowest BCUT2D eigenvalue weighted by atomic mass is 10.1. The first-order valence-corrected chi connectivity index (χ1v) is 10.9. The Labute approximate surface area is 167 Å². The Hall–Kier alpha value is -2.38. The van der Waals surface area contributed by atoms with Gasteiger partial charge >= 0.3 is 0 Å². The number of rotatable bonds is 9. The molecule has 0 bridgehead atoms. The second-order valence-corrected chi connectivity index (χ2v) is 8.62. The molecule has 152 valence electrons. The fraction of sp³-hybridized carbons (Fsp3) is 0.381. The number of anilines is 1. The molecule has 2 aromatic rings. The third kappa shape index (κ3) is 5.81. The van der Waals surface area contributed by atoms with E-state index < -0.39 is 22.0 Å². The van der Waals surface area contributed by atoms with Crippen LogP contribution in [0.4, 0.5) is 5.69 Å². The van der Waals surface area contributed by atoms with Crippen LogP contribution in [0.3, 0.4) is 0 Å². The van der Waals surface area contributed by atoms with Gasteiger partial charge in [-0.2, -0.15) is 0 Å². The molecule has 0 saturated heterocycles. The number of hydrogen-bond donors (Lipinski definition) is 3. The minimum atomic E-state index is -3.83. The summed E-state index contributed by atoms with van der Waals surface area (Å²) in [7, 11) is -3.83. The SMILES string of the molecule is CCCCc1ccc(NS(=O)(=O)c2ccc(C)c(C(=O)NC(C)CO)c2)cc1. The second kappa shape index (κ2) is 9.71. The Bertz CT molecular complexity index is 909. The van der Waals surface area contributed by atoms with Crippen molar-refractivity contribution in [3.8, 4) is 0 Å². The highest BCUT2D eigenvalue weighted by Gasteiger charge is 2.19. The molecule has 0 aliphatic carbocycles. The number of sulfonamides is 1. The molecule has 6 nitrogen and oxygen atoms in total. The summed E-state index contributed by atoms with van der Waals surface area (Å²) in [6.07, 6.45) is 3.16. The van der Waals surface area contributed by atoms with Crippen molar-refractivity contribution in [3.05, 3.63) is 59.2 Å². The number of aliphatic hydroxyl groups is 1. The van der Waals surface area contributed by atoms with Crippen molar-refractivity contribution in [1.29, 1.82) is 0 Å². The Morgan fingerprint density at radius 1 is 1.14 bits per heavy atom. The number of amides is 1. The Kier molecular flexibility index (Phi) is 7.60. The molecule has 0 spiro atoms. The lowest BCUT2D eigenvalue weighted by molar-refractivity contribution is 0.0921. The van der Waals surface area contributed by atoms with Crippen LogP contribution >= 0.6 is 0 Å². The Morgan fingerprint density at radius 3 is 2.43 bits per heavy atom. The quantitative estimate of drug-likeness (QED) is 0.598. The van der Waals surface area contributed by atoms with Gasteiger partial charge in [-0.25, -0.2) is 8.42 Å². The molecule has 2 rings (SSSR count). The van der Waals surface area contributed by atoms with Gasteiger partial charge in [0, 0.05) is 17.3 Å². The summed E-state index contributed by atoms with van der Waals surface area (Å²) in [5.74, 6) is -0.420. The van der Waals surface area contributed by atoms with Gasteiger partial charge in [-0.05, 0) is 62.1 Å². The van der Waals surface area contributed by atoms with Gasteiger partial charge < -0.3 is 10.4 Å². The predicted octanol–water partition coefficient (Wildman–Crippen LogP) is 3.25. The molecular formula is C21H28N2O4S. The van der Waals surface area contributed by atoms with E-state index in [0.717, 1.165) is 24.8 Å². The van der Waals surface area contributed by atoms with Crippen molar-refractivity contribution in [2.75, 3.05) is 11.3 Å². The van der Waals surface area contributed by atoms with Gasteiger partial charge in [-0.3, -0.25) is 9.52 Å². The number of aliphatic hydroxyl groups excluding tert-OH is 1. The van der Waals surface area contributed by atoms with E-state index in [4.69, 9.17) is 5.11 Å². The van der Waals surface area contributed by atoms with Crippen LogP contribution in [0.25, 0.3) is 0 Å². The van der Waals surface area contributed by atoms with Crippen molar-refractivity contribution >= 4 is 21.6 Å². The molecule has 1 unspecified atom stereocenters. The van der Waals surface area contributed by atoms with Crippen LogP contribution in [0.5, 0.6) is 0 Å². The lowest BCUT2D eigenvalue weighted by Gasteiger charge is -2.14. The van der Waals surface area contributed by atoms with E-state index in [1.54, 1.807) is 32.0 Å². The zero-order valence-corrected chi connectivity index (χ0v) is 17.3.